The van der Waals surface area contributed by atoms with Gasteiger partial charge in [0.25, 0.3) is 0 Å². The summed E-state index contributed by atoms with van der Waals surface area (Å²) in [6.45, 7) is 5.01. The highest BCUT2D eigenvalue weighted by molar-refractivity contribution is 7.89. The fourth-order valence-corrected chi connectivity index (χ4v) is 5.03. The third-order valence-corrected chi connectivity index (χ3v) is 6.88. The van der Waals surface area contributed by atoms with Crippen molar-refractivity contribution in [2.45, 2.75) is 31.7 Å². The van der Waals surface area contributed by atoms with Crippen molar-refractivity contribution in [1.82, 2.24) is 14.1 Å². The van der Waals surface area contributed by atoms with Crippen molar-refractivity contribution in [3.63, 3.8) is 0 Å². The Morgan fingerprint density at radius 2 is 1.90 bits per heavy atom. The van der Waals surface area contributed by atoms with E-state index in [1.165, 1.54) is 4.31 Å². The maximum atomic E-state index is 13.0. The number of anilines is 1. The molecule has 154 valence electrons. The predicted molar refractivity (Wildman–Crippen MR) is 106 cm³/mol. The Bertz CT molecular complexity index is 1030. The summed E-state index contributed by atoms with van der Waals surface area (Å²) in [6.07, 6.45) is 0.138. The summed E-state index contributed by atoms with van der Waals surface area (Å²) in [7, 11) is -3.65. The molecule has 0 aliphatic carbocycles. The average molecular weight is 417 g/mol. The van der Waals surface area contributed by atoms with Gasteiger partial charge in [-0.15, -0.1) is 0 Å². The first-order valence-electron chi connectivity index (χ1n) is 9.25. The van der Waals surface area contributed by atoms with Crippen LogP contribution in [0.1, 0.15) is 23.4 Å². The van der Waals surface area contributed by atoms with Crippen LogP contribution in [0, 0.1) is 25.2 Å². The lowest BCUT2D eigenvalue weighted by Gasteiger charge is -2.26. The number of morpholine rings is 1. The third-order valence-electron chi connectivity index (χ3n) is 4.73. The van der Waals surface area contributed by atoms with Gasteiger partial charge >= 0.3 is 0 Å². The van der Waals surface area contributed by atoms with Crippen LogP contribution in [0.15, 0.2) is 29.2 Å². The summed E-state index contributed by atoms with van der Waals surface area (Å²) in [5.74, 6) is -0.222. The molecule has 1 saturated heterocycles. The first-order chi connectivity index (χ1) is 13.8. The first kappa shape index (κ1) is 21.0. The summed E-state index contributed by atoms with van der Waals surface area (Å²) >= 11 is 0. The fraction of sp³-hybridized carbons (Fsp3) is 0.421. The molecule has 1 N–H and O–H groups in total. The monoisotopic (exact) mass is 417 g/mol. The first-order valence-corrected chi connectivity index (χ1v) is 10.7. The normalized spacial score (nSPS) is 15.1. The number of carbonyl (C=O) groups is 1. The minimum Gasteiger partial charge on any atom is -0.379 e. The summed E-state index contributed by atoms with van der Waals surface area (Å²) in [4.78, 5) is 12.4. The van der Waals surface area contributed by atoms with Crippen LogP contribution >= 0.6 is 0 Å². The number of nitrogens with one attached hydrogen (secondary N) is 1. The van der Waals surface area contributed by atoms with E-state index in [-0.39, 0.29) is 23.8 Å². The summed E-state index contributed by atoms with van der Waals surface area (Å²) < 4.78 is 34.2. The van der Waals surface area contributed by atoms with Crippen molar-refractivity contribution < 1.29 is 17.9 Å². The number of ether oxygens (including phenoxy) is 1. The number of rotatable bonds is 6. The summed E-state index contributed by atoms with van der Waals surface area (Å²) in [6, 6.07) is 8.59. The van der Waals surface area contributed by atoms with Gasteiger partial charge in [0.1, 0.15) is 4.90 Å². The number of benzene rings is 1. The second-order valence-corrected chi connectivity index (χ2v) is 8.60. The molecule has 1 aromatic heterocycles. The van der Waals surface area contributed by atoms with E-state index in [1.54, 1.807) is 42.8 Å². The van der Waals surface area contributed by atoms with Gasteiger partial charge in [-0.2, -0.15) is 14.7 Å². The molecule has 29 heavy (non-hydrogen) atoms. The molecular weight excluding hydrogens is 394 g/mol. The van der Waals surface area contributed by atoms with Crippen molar-refractivity contribution in [2.75, 3.05) is 31.6 Å². The van der Waals surface area contributed by atoms with Crippen LogP contribution in [0.3, 0.4) is 0 Å². The van der Waals surface area contributed by atoms with Gasteiger partial charge < -0.3 is 10.1 Å². The van der Waals surface area contributed by atoms with Crippen LogP contribution in [0.4, 0.5) is 5.69 Å². The van der Waals surface area contributed by atoms with Crippen molar-refractivity contribution >= 4 is 21.6 Å². The van der Waals surface area contributed by atoms with Crippen LogP contribution < -0.4 is 5.32 Å². The van der Waals surface area contributed by atoms with Gasteiger partial charge in [0.05, 0.1) is 42.8 Å². The molecule has 0 spiro atoms. The van der Waals surface area contributed by atoms with E-state index in [0.717, 1.165) is 0 Å². The molecule has 0 unspecified atom stereocenters. The summed E-state index contributed by atoms with van der Waals surface area (Å²) in [5, 5.41) is 15.9. The molecule has 0 bridgehead atoms. The second kappa shape index (κ2) is 8.73. The van der Waals surface area contributed by atoms with Gasteiger partial charge in [-0.25, -0.2) is 8.42 Å². The number of carbonyl (C=O) groups excluding carboxylic acids is 1. The minimum absolute atomic E-state index is 0.138. The fourth-order valence-electron chi connectivity index (χ4n) is 3.25. The topological polar surface area (TPSA) is 117 Å². The van der Waals surface area contributed by atoms with Crippen LogP contribution in [-0.2, 0) is 26.1 Å². The van der Waals surface area contributed by atoms with Crippen molar-refractivity contribution in [1.29, 1.82) is 5.26 Å². The number of aromatic nitrogens is 2. The standard InChI is InChI=1S/C19H23N5O4S/c1-14-19(29(26,27)23-9-11-28-12-10-23)15(2)24(22-14)8-7-18(25)21-17-5-3-16(13-20)4-6-17/h3-6H,7-12H2,1-2H3,(H,21,25). The zero-order chi connectivity index (χ0) is 21.0. The second-order valence-electron chi connectivity index (χ2n) is 6.73. The highest BCUT2D eigenvalue weighted by atomic mass is 32.2. The van der Waals surface area contributed by atoms with E-state index in [1.807, 2.05) is 6.07 Å². The van der Waals surface area contributed by atoms with E-state index < -0.39 is 10.0 Å². The van der Waals surface area contributed by atoms with E-state index in [2.05, 4.69) is 10.4 Å². The van der Waals surface area contributed by atoms with Crippen LogP contribution in [0.25, 0.3) is 0 Å². The van der Waals surface area contributed by atoms with Crippen molar-refractivity contribution in [2.24, 2.45) is 0 Å². The lowest BCUT2D eigenvalue weighted by Crippen LogP contribution is -2.41. The lowest BCUT2D eigenvalue weighted by atomic mass is 10.2. The number of sulfonamides is 1. The van der Waals surface area contributed by atoms with Gasteiger partial charge in [-0.1, -0.05) is 0 Å². The van der Waals surface area contributed by atoms with Gasteiger partial charge in [0, 0.05) is 25.2 Å². The third kappa shape index (κ3) is 4.64. The molecule has 1 aliphatic rings. The van der Waals surface area contributed by atoms with Crippen molar-refractivity contribution in [3.8, 4) is 6.07 Å². The molecule has 0 saturated carbocycles. The Hall–Kier alpha value is -2.74. The van der Waals surface area contributed by atoms with Gasteiger partial charge in [-0.05, 0) is 38.1 Å². The zero-order valence-electron chi connectivity index (χ0n) is 16.4. The van der Waals surface area contributed by atoms with Gasteiger partial charge in [-0.3, -0.25) is 9.48 Å². The SMILES string of the molecule is Cc1nn(CCC(=O)Nc2ccc(C#N)cc2)c(C)c1S(=O)(=O)N1CCOCC1. The highest BCUT2D eigenvalue weighted by Crippen LogP contribution is 2.24. The van der Waals surface area contributed by atoms with Gasteiger partial charge in [0.2, 0.25) is 15.9 Å². The Morgan fingerprint density at radius 3 is 2.52 bits per heavy atom. The van der Waals surface area contributed by atoms with E-state index >= 15 is 0 Å². The Balaban J connectivity index is 1.68. The molecule has 1 fully saturated rings. The molecule has 2 aromatic rings. The number of hydrogen-bond acceptors (Lipinski definition) is 6. The predicted octanol–water partition coefficient (Wildman–Crippen LogP) is 1.42. The number of nitriles is 1. The lowest BCUT2D eigenvalue weighted by molar-refractivity contribution is -0.116. The number of hydrogen-bond donors (Lipinski definition) is 1. The molecule has 3 rings (SSSR count). The molecule has 10 heteroatoms. The van der Waals surface area contributed by atoms with Crippen LogP contribution in [0.5, 0.6) is 0 Å². The largest absolute Gasteiger partial charge is 0.379 e. The smallest absolute Gasteiger partial charge is 0.246 e. The summed E-state index contributed by atoms with van der Waals surface area (Å²) in [5.41, 5.74) is 2.04. The van der Waals surface area contributed by atoms with E-state index in [0.29, 0.717) is 48.9 Å². The Kier molecular flexibility index (Phi) is 6.32. The molecule has 1 aliphatic heterocycles. The molecule has 2 heterocycles. The maximum absolute atomic E-state index is 13.0. The van der Waals surface area contributed by atoms with E-state index in [9.17, 15) is 13.2 Å². The molecule has 9 nitrogen and oxygen atoms in total. The van der Waals surface area contributed by atoms with Crippen molar-refractivity contribution in [3.05, 3.63) is 41.2 Å². The number of nitrogens with zero attached hydrogens (tertiary/aromatic N) is 4. The van der Waals surface area contributed by atoms with Gasteiger partial charge in [0.15, 0.2) is 0 Å². The molecule has 0 atom stereocenters. The van der Waals surface area contributed by atoms with E-state index in [4.69, 9.17) is 10.00 Å². The highest BCUT2D eigenvalue weighted by Gasteiger charge is 2.32. The maximum Gasteiger partial charge on any atom is 0.246 e. The Labute approximate surface area is 169 Å². The Morgan fingerprint density at radius 1 is 1.24 bits per heavy atom. The zero-order valence-corrected chi connectivity index (χ0v) is 17.2. The molecule has 1 amide bonds. The van der Waals surface area contributed by atoms with Crippen LogP contribution in [0.2, 0.25) is 0 Å². The van der Waals surface area contributed by atoms with Crippen LogP contribution in [-0.4, -0.2) is 54.7 Å². The molecular formula is C19H23N5O4S. The average Bonchev–Trinajstić information content (AvgIpc) is 3.01. The number of aryl methyl sites for hydroxylation is 2. The quantitative estimate of drug-likeness (QED) is 0.760. The molecule has 1 aromatic carbocycles. The number of amides is 1. The minimum atomic E-state index is -3.65. The molecule has 0 radical (unpaired) electrons.